The fourth-order valence-corrected chi connectivity index (χ4v) is 4.04. The Morgan fingerprint density at radius 2 is 1.86 bits per heavy atom. The summed E-state index contributed by atoms with van der Waals surface area (Å²) in [4.78, 5) is 28.6. The van der Waals surface area contributed by atoms with Crippen molar-refractivity contribution in [2.45, 2.75) is 32.7 Å². The van der Waals surface area contributed by atoms with Gasteiger partial charge in [0, 0.05) is 50.4 Å². The SMILES string of the molecule is CC(C)CC(CNC(=O)C1CC(=O)N(c2cc(F)cc(F)c2)C1)N1CCOCC1. The van der Waals surface area contributed by atoms with Gasteiger partial charge < -0.3 is 15.0 Å². The minimum absolute atomic E-state index is 0.0381. The highest BCUT2D eigenvalue weighted by molar-refractivity contribution is 6.00. The van der Waals surface area contributed by atoms with Gasteiger partial charge in [-0.15, -0.1) is 0 Å². The monoisotopic (exact) mass is 409 g/mol. The molecule has 2 unspecified atom stereocenters. The molecule has 160 valence electrons. The van der Waals surface area contributed by atoms with Crippen molar-refractivity contribution in [2.24, 2.45) is 11.8 Å². The van der Waals surface area contributed by atoms with E-state index in [1.807, 2.05) is 0 Å². The summed E-state index contributed by atoms with van der Waals surface area (Å²) >= 11 is 0. The van der Waals surface area contributed by atoms with Crippen LogP contribution in [0.3, 0.4) is 0 Å². The molecule has 2 aliphatic heterocycles. The molecule has 29 heavy (non-hydrogen) atoms. The van der Waals surface area contributed by atoms with Crippen molar-refractivity contribution in [1.82, 2.24) is 10.2 Å². The van der Waals surface area contributed by atoms with Gasteiger partial charge in [-0.25, -0.2) is 8.78 Å². The molecule has 6 nitrogen and oxygen atoms in total. The van der Waals surface area contributed by atoms with E-state index in [1.54, 1.807) is 0 Å². The Labute approximate surface area is 170 Å². The molecule has 1 N–H and O–H groups in total. The zero-order valence-corrected chi connectivity index (χ0v) is 17.0. The number of benzene rings is 1. The number of carbonyl (C=O) groups excluding carboxylic acids is 2. The summed E-state index contributed by atoms with van der Waals surface area (Å²) in [6, 6.07) is 3.19. The van der Waals surface area contributed by atoms with Crippen molar-refractivity contribution in [1.29, 1.82) is 0 Å². The van der Waals surface area contributed by atoms with E-state index < -0.39 is 17.6 Å². The van der Waals surface area contributed by atoms with Crippen LogP contribution in [0.15, 0.2) is 18.2 Å². The molecule has 0 bridgehead atoms. The van der Waals surface area contributed by atoms with Gasteiger partial charge in [-0.05, 0) is 24.5 Å². The highest BCUT2D eigenvalue weighted by Gasteiger charge is 2.36. The van der Waals surface area contributed by atoms with Crippen LogP contribution in [0.25, 0.3) is 0 Å². The Morgan fingerprint density at radius 3 is 2.48 bits per heavy atom. The summed E-state index contributed by atoms with van der Waals surface area (Å²) in [6.07, 6.45) is 0.995. The van der Waals surface area contributed by atoms with E-state index in [0.717, 1.165) is 37.7 Å². The Morgan fingerprint density at radius 1 is 1.21 bits per heavy atom. The number of rotatable bonds is 7. The smallest absolute Gasteiger partial charge is 0.227 e. The van der Waals surface area contributed by atoms with Crippen molar-refractivity contribution in [3.63, 3.8) is 0 Å². The van der Waals surface area contributed by atoms with Crippen LogP contribution in [0.2, 0.25) is 0 Å². The van der Waals surface area contributed by atoms with Crippen LogP contribution < -0.4 is 10.2 Å². The number of halogens is 2. The lowest BCUT2D eigenvalue weighted by Crippen LogP contribution is -2.50. The molecule has 3 rings (SSSR count). The van der Waals surface area contributed by atoms with Gasteiger partial charge in [-0.2, -0.15) is 0 Å². The van der Waals surface area contributed by atoms with Gasteiger partial charge in [0.25, 0.3) is 0 Å². The summed E-state index contributed by atoms with van der Waals surface area (Å²) in [7, 11) is 0. The average molecular weight is 409 g/mol. The Bertz CT molecular complexity index is 718. The Hall–Kier alpha value is -2.06. The fourth-order valence-electron chi connectivity index (χ4n) is 4.04. The highest BCUT2D eigenvalue weighted by atomic mass is 19.1. The molecule has 2 amide bonds. The highest BCUT2D eigenvalue weighted by Crippen LogP contribution is 2.26. The molecular weight excluding hydrogens is 380 g/mol. The third-order valence-corrected chi connectivity index (χ3v) is 5.47. The lowest BCUT2D eigenvalue weighted by Gasteiger charge is -2.35. The Kier molecular flexibility index (Phi) is 7.18. The van der Waals surface area contributed by atoms with Crippen molar-refractivity contribution in [3.8, 4) is 0 Å². The molecule has 0 spiro atoms. The molecular formula is C21H29F2N3O3. The first-order chi connectivity index (χ1) is 13.8. The summed E-state index contributed by atoms with van der Waals surface area (Å²) in [6.45, 7) is 8.01. The minimum Gasteiger partial charge on any atom is -0.379 e. The van der Waals surface area contributed by atoms with Gasteiger partial charge in [0.15, 0.2) is 0 Å². The zero-order chi connectivity index (χ0) is 21.0. The zero-order valence-electron chi connectivity index (χ0n) is 17.0. The quantitative estimate of drug-likeness (QED) is 0.750. The number of carbonyl (C=O) groups is 2. The van der Waals surface area contributed by atoms with Crippen LogP contribution in [0.4, 0.5) is 14.5 Å². The van der Waals surface area contributed by atoms with Crippen molar-refractivity contribution >= 4 is 17.5 Å². The van der Waals surface area contributed by atoms with Crippen LogP contribution in [0.5, 0.6) is 0 Å². The molecule has 0 saturated carbocycles. The molecule has 8 heteroatoms. The first-order valence-corrected chi connectivity index (χ1v) is 10.2. The predicted molar refractivity (Wildman–Crippen MR) is 105 cm³/mol. The van der Waals surface area contributed by atoms with Crippen LogP contribution in [0, 0.1) is 23.5 Å². The number of nitrogens with one attached hydrogen (secondary N) is 1. The molecule has 2 aliphatic rings. The maximum atomic E-state index is 13.5. The van der Waals surface area contributed by atoms with Crippen molar-refractivity contribution in [3.05, 3.63) is 29.8 Å². The minimum atomic E-state index is -0.747. The first kappa shape index (κ1) is 21.6. The molecule has 2 heterocycles. The van der Waals surface area contributed by atoms with Gasteiger partial charge in [0.1, 0.15) is 11.6 Å². The van der Waals surface area contributed by atoms with Crippen LogP contribution in [-0.2, 0) is 14.3 Å². The van der Waals surface area contributed by atoms with Gasteiger partial charge >= 0.3 is 0 Å². The normalized spacial score (nSPS) is 21.6. The number of hydrogen-bond donors (Lipinski definition) is 1. The van der Waals surface area contributed by atoms with Gasteiger partial charge in [-0.1, -0.05) is 13.8 Å². The number of morpholine rings is 1. The summed E-state index contributed by atoms with van der Waals surface area (Å²) in [5.74, 6) is -2.03. The summed E-state index contributed by atoms with van der Waals surface area (Å²) in [5.41, 5.74) is 0.147. The third kappa shape index (κ3) is 5.73. The summed E-state index contributed by atoms with van der Waals surface area (Å²) in [5, 5.41) is 2.99. The van der Waals surface area contributed by atoms with Gasteiger partial charge in [-0.3, -0.25) is 14.5 Å². The predicted octanol–water partition coefficient (Wildman–Crippen LogP) is 2.18. The van der Waals surface area contributed by atoms with Crippen molar-refractivity contribution < 1.29 is 23.1 Å². The van der Waals surface area contributed by atoms with Crippen LogP contribution in [-0.4, -0.2) is 62.1 Å². The largest absolute Gasteiger partial charge is 0.379 e. The fraction of sp³-hybridized carbons (Fsp3) is 0.619. The van der Waals surface area contributed by atoms with Gasteiger partial charge in [0.2, 0.25) is 11.8 Å². The maximum Gasteiger partial charge on any atom is 0.227 e. The second-order valence-corrected chi connectivity index (χ2v) is 8.21. The van der Waals surface area contributed by atoms with E-state index in [-0.39, 0.29) is 36.5 Å². The lowest BCUT2D eigenvalue weighted by molar-refractivity contribution is -0.126. The molecule has 0 aromatic heterocycles. The maximum absolute atomic E-state index is 13.5. The molecule has 1 aromatic carbocycles. The topological polar surface area (TPSA) is 61.9 Å². The summed E-state index contributed by atoms with van der Waals surface area (Å²) < 4.78 is 32.4. The average Bonchev–Trinajstić information content (AvgIpc) is 3.06. The third-order valence-electron chi connectivity index (χ3n) is 5.47. The van der Waals surface area contributed by atoms with Crippen molar-refractivity contribution in [2.75, 3.05) is 44.3 Å². The Balaban J connectivity index is 1.59. The molecule has 1 aromatic rings. The van der Waals surface area contributed by atoms with E-state index in [1.165, 1.54) is 4.90 Å². The first-order valence-electron chi connectivity index (χ1n) is 10.2. The van der Waals surface area contributed by atoms with E-state index >= 15 is 0 Å². The number of amides is 2. The molecule has 2 atom stereocenters. The van der Waals surface area contributed by atoms with E-state index in [9.17, 15) is 18.4 Å². The number of nitrogens with zero attached hydrogens (tertiary/aromatic N) is 2. The van der Waals surface area contributed by atoms with Crippen LogP contribution in [0.1, 0.15) is 26.7 Å². The van der Waals surface area contributed by atoms with Gasteiger partial charge in [0.05, 0.1) is 19.1 Å². The molecule has 0 aliphatic carbocycles. The molecule has 0 radical (unpaired) electrons. The van der Waals surface area contributed by atoms with Crippen LogP contribution >= 0.6 is 0 Å². The van der Waals surface area contributed by atoms with E-state index in [0.29, 0.717) is 25.7 Å². The number of hydrogen-bond acceptors (Lipinski definition) is 4. The van der Waals surface area contributed by atoms with E-state index in [2.05, 4.69) is 24.1 Å². The second-order valence-electron chi connectivity index (χ2n) is 8.21. The number of anilines is 1. The molecule has 2 fully saturated rings. The second kappa shape index (κ2) is 9.63. The van der Waals surface area contributed by atoms with E-state index in [4.69, 9.17) is 4.74 Å². The standard InChI is InChI=1S/C21H29F2N3O3/c1-14(2)7-19(25-3-5-29-6-4-25)12-24-21(28)15-8-20(27)26(13-15)18-10-16(22)9-17(23)11-18/h9-11,14-15,19H,3-8,12-13H2,1-2H3,(H,24,28). The molecule has 2 saturated heterocycles. The number of ether oxygens (including phenoxy) is 1. The lowest BCUT2D eigenvalue weighted by atomic mass is 10.0.